The zero-order valence-corrected chi connectivity index (χ0v) is 14.1. The number of hydrogen-bond donors (Lipinski definition) is 1. The molecule has 1 amide bonds. The van der Waals surface area contributed by atoms with Crippen molar-refractivity contribution in [3.8, 4) is 0 Å². The fourth-order valence-electron chi connectivity index (χ4n) is 2.39. The first-order chi connectivity index (χ1) is 10.4. The van der Waals surface area contributed by atoms with Crippen molar-refractivity contribution in [3.63, 3.8) is 0 Å². The lowest BCUT2D eigenvalue weighted by Gasteiger charge is -2.20. The molecule has 1 saturated carbocycles. The number of anilines is 1. The van der Waals surface area contributed by atoms with Gasteiger partial charge < -0.3 is 5.32 Å². The van der Waals surface area contributed by atoms with E-state index in [0.29, 0.717) is 23.2 Å². The molecular weight excluding hydrogens is 320 g/mol. The van der Waals surface area contributed by atoms with Gasteiger partial charge in [-0.3, -0.25) is 9.10 Å². The van der Waals surface area contributed by atoms with E-state index in [1.54, 1.807) is 13.0 Å². The van der Waals surface area contributed by atoms with Gasteiger partial charge in [0.05, 0.1) is 16.8 Å². The molecule has 1 fully saturated rings. The van der Waals surface area contributed by atoms with Crippen LogP contribution >= 0.6 is 11.3 Å². The van der Waals surface area contributed by atoms with Gasteiger partial charge in [0.25, 0.3) is 5.91 Å². The number of fused-ring (bicyclic) bond motifs is 1. The molecule has 2 aromatic rings. The molecule has 0 spiro atoms. The number of carbonyl (C=O) groups is 1. The smallest absolute Gasteiger partial charge is 0.261 e. The van der Waals surface area contributed by atoms with Gasteiger partial charge >= 0.3 is 0 Å². The van der Waals surface area contributed by atoms with Crippen LogP contribution in [0.15, 0.2) is 24.3 Å². The van der Waals surface area contributed by atoms with Crippen molar-refractivity contribution in [2.24, 2.45) is 0 Å². The van der Waals surface area contributed by atoms with E-state index in [2.05, 4.69) is 5.32 Å². The summed E-state index contributed by atoms with van der Waals surface area (Å²) < 4.78 is 25.9. The van der Waals surface area contributed by atoms with Crippen LogP contribution in [-0.2, 0) is 10.0 Å². The van der Waals surface area contributed by atoms with Gasteiger partial charge in [-0.25, -0.2) is 8.42 Å². The summed E-state index contributed by atoms with van der Waals surface area (Å²) in [5.41, 5.74) is 0.629. The summed E-state index contributed by atoms with van der Waals surface area (Å²) >= 11 is 1.43. The van der Waals surface area contributed by atoms with E-state index < -0.39 is 10.0 Å². The Kier molecular flexibility index (Phi) is 3.86. The van der Waals surface area contributed by atoms with Crippen LogP contribution in [0, 0.1) is 0 Å². The minimum absolute atomic E-state index is 0.0410. The highest BCUT2D eigenvalue weighted by Gasteiger charge is 2.24. The number of carbonyl (C=O) groups excluding carboxylic acids is 1. The lowest BCUT2D eigenvalue weighted by molar-refractivity contribution is 0.0955. The summed E-state index contributed by atoms with van der Waals surface area (Å²) in [6.45, 7) is 2.18. The van der Waals surface area contributed by atoms with Crippen molar-refractivity contribution < 1.29 is 13.2 Å². The van der Waals surface area contributed by atoms with E-state index in [1.807, 2.05) is 18.2 Å². The van der Waals surface area contributed by atoms with Gasteiger partial charge in [-0.2, -0.15) is 0 Å². The zero-order chi connectivity index (χ0) is 15.9. The first-order valence-corrected chi connectivity index (χ1v) is 9.87. The molecule has 3 rings (SSSR count). The Labute approximate surface area is 134 Å². The fourth-order valence-corrected chi connectivity index (χ4v) is 4.30. The number of benzene rings is 1. The van der Waals surface area contributed by atoms with Gasteiger partial charge in [-0.05, 0) is 49.4 Å². The summed E-state index contributed by atoms with van der Waals surface area (Å²) in [5, 5.41) is 3.86. The van der Waals surface area contributed by atoms with Crippen LogP contribution in [0.2, 0.25) is 0 Å². The van der Waals surface area contributed by atoms with Crippen molar-refractivity contribution in [2.75, 3.05) is 17.1 Å². The molecule has 1 aromatic heterocycles. The van der Waals surface area contributed by atoms with Gasteiger partial charge in [0.2, 0.25) is 10.0 Å². The third-order valence-corrected chi connectivity index (χ3v) is 6.00. The number of rotatable bonds is 5. The highest BCUT2D eigenvalue weighted by atomic mass is 32.2. The third kappa shape index (κ3) is 3.10. The average molecular weight is 338 g/mol. The molecule has 5 nitrogen and oxygen atoms in total. The van der Waals surface area contributed by atoms with E-state index in [4.69, 9.17) is 0 Å². The second-order valence-electron chi connectivity index (χ2n) is 5.51. The molecule has 1 aromatic carbocycles. The van der Waals surface area contributed by atoms with Crippen LogP contribution in [0.4, 0.5) is 5.69 Å². The van der Waals surface area contributed by atoms with Crippen LogP contribution in [0.3, 0.4) is 0 Å². The molecule has 0 bridgehead atoms. The van der Waals surface area contributed by atoms with Gasteiger partial charge in [0.15, 0.2) is 0 Å². The molecule has 0 unspecified atom stereocenters. The van der Waals surface area contributed by atoms with Crippen molar-refractivity contribution in [2.45, 2.75) is 25.8 Å². The van der Waals surface area contributed by atoms with E-state index in [0.717, 1.165) is 22.9 Å². The van der Waals surface area contributed by atoms with Crippen LogP contribution in [0.1, 0.15) is 29.4 Å². The Bertz CT molecular complexity index is 822. The first kappa shape index (κ1) is 15.3. The second-order valence-corrected chi connectivity index (χ2v) is 8.50. The summed E-state index contributed by atoms with van der Waals surface area (Å²) in [5.74, 6) is -0.0410. The highest BCUT2D eigenvalue weighted by Crippen LogP contribution is 2.31. The SMILES string of the molecule is CCN(c1ccc2sc(C(=O)NC3CC3)cc2c1)S(C)(=O)=O. The summed E-state index contributed by atoms with van der Waals surface area (Å²) in [6, 6.07) is 7.64. The third-order valence-electron chi connectivity index (χ3n) is 3.61. The molecule has 0 atom stereocenters. The van der Waals surface area contributed by atoms with Gasteiger partial charge in [0.1, 0.15) is 0 Å². The minimum Gasteiger partial charge on any atom is -0.349 e. The molecule has 0 radical (unpaired) electrons. The first-order valence-electron chi connectivity index (χ1n) is 7.20. The molecule has 0 saturated heterocycles. The standard InChI is InChI=1S/C15H18N2O3S2/c1-3-17(22(2,19)20)12-6-7-13-10(8-12)9-14(21-13)15(18)16-11-4-5-11/h6-9,11H,3-5H2,1-2H3,(H,16,18). The maximum Gasteiger partial charge on any atom is 0.261 e. The number of nitrogens with zero attached hydrogens (tertiary/aromatic N) is 1. The Balaban J connectivity index is 1.94. The van der Waals surface area contributed by atoms with Crippen LogP contribution < -0.4 is 9.62 Å². The van der Waals surface area contributed by atoms with E-state index in [1.165, 1.54) is 21.9 Å². The van der Waals surface area contributed by atoms with E-state index in [-0.39, 0.29) is 5.91 Å². The minimum atomic E-state index is -3.30. The lowest BCUT2D eigenvalue weighted by atomic mass is 10.2. The molecule has 1 heterocycles. The Hall–Kier alpha value is -1.60. The molecule has 1 aliphatic rings. The Morgan fingerprint density at radius 1 is 1.36 bits per heavy atom. The quantitative estimate of drug-likeness (QED) is 0.911. The molecule has 7 heteroatoms. The fraction of sp³-hybridized carbons (Fsp3) is 0.400. The highest BCUT2D eigenvalue weighted by molar-refractivity contribution is 7.92. The number of sulfonamides is 1. The molecular formula is C15H18N2O3S2. The molecule has 22 heavy (non-hydrogen) atoms. The van der Waals surface area contributed by atoms with Crippen molar-refractivity contribution >= 4 is 43.0 Å². The summed E-state index contributed by atoms with van der Waals surface area (Å²) in [4.78, 5) is 12.8. The predicted molar refractivity (Wildman–Crippen MR) is 90.2 cm³/mol. The van der Waals surface area contributed by atoms with Crippen molar-refractivity contribution in [1.82, 2.24) is 5.32 Å². The molecule has 0 aliphatic heterocycles. The molecule has 118 valence electrons. The monoisotopic (exact) mass is 338 g/mol. The van der Waals surface area contributed by atoms with Crippen LogP contribution in [0.5, 0.6) is 0 Å². The maximum absolute atomic E-state index is 12.1. The Morgan fingerprint density at radius 3 is 2.68 bits per heavy atom. The Morgan fingerprint density at radius 2 is 2.09 bits per heavy atom. The molecule has 1 aliphatic carbocycles. The topological polar surface area (TPSA) is 66.5 Å². The normalized spacial score (nSPS) is 15.0. The van der Waals surface area contributed by atoms with Gasteiger partial charge in [-0.15, -0.1) is 11.3 Å². The van der Waals surface area contributed by atoms with Gasteiger partial charge in [0, 0.05) is 17.3 Å². The number of hydrogen-bond acceptors (Lipinski definition) is 4. The number of amides is 1. The van der Waals surface area contributed by atoms with Gasteiger partial charge in [-0.1, -0.05) is 0 Å². The van der Waals surface area contributed by atoms with E-state index in [9.17, 15) is 13.2 Å². The lowest BCUT2D eigenvalue weighted by Crippen LogP contribution is -2.29. The second kappa shape index (κ2) is 5.55. The largest absolute Gasteiger partial charge is 0.349 e. The van der Waals surface area contributed by atoms with Crippen LogP contribution in [0.25, 0.3) is 10.1 Å². The maximum atomic E-state index is 12.1. The average Bonchev–Trinajstić information content (AvgIpc) is 3.14. The van der Waals surface area contributed by atoms with E-state index >= 15 is 0 Å². The summed E-state index contributed by atoms with van der Waals surface area (Å²) in [6.07, 6.45) is 3.31. The van der Waals surface area contributed by atoms with Crippen molar-refractivity contribution in [1.29, 1.82) is 0 Å². The summed E-state index contributed by atoms with van der Waals surface area (Å²) in [7, 11) is -3.30. The number of thiophene rings is 1. The molecule has 1 N–H and O–H groups in total. The van der Waals surface area contributed by atoms with Crippen LogP contribution in [-0.4, -0.2) is 33.2 Å². The number of nitrogens with one attached hydrogen (secondary N) is 1. The van der Waals surface area contributed by atoms with Crippen molar-refractivity contribution in [3.05, 3.63) is 29.1 Å². The predicted octanol–water partition coefficient (Wildman–Crippen LogP) is 2.58. The zero-order valence-electron chi connectivity index (χ0n) is 12.5.